The summed E-state index contributed by atoms with van der Waals surface area (Å²) < 4.78 is 0. The SMILES string of the molecule is Cc1ccc(O)c(CN2CC3CNCC3C2C)c1. The average Bonchev–Trinajstić information content (AvgIpc) is 2.89. The summed E-state index contributed by atoms with van der Waals surface area (Å²) in [4.78, 5) is 2.52. The van der Waals surface area contributed by atoms with Gasteiger partial charge in [-0.1, -0.05) is 17.7 Å². The molecule has 0 saturated carbocycles. The van der Waals surface area contributed by atoms with Gasteiger partial charge in [0.25, 0.3) is 0 Å². The monoisotopic (exact) mass is 246 g/mol. The third-order valence-corrected chi connectivity index (χ3v) is 4.67. The Hall–Kier alpha value is -1.06. The van der Waals surface area contributed by atoms with Gasteiger partial charge in [0.05, 0.1) is 0 Å². The first-order chi connectivity index (χ1) is 8.65. The molecule has 3 nitrogen and oxygen atoms in total. The van der Waals surface area contributed by atoms with Crippen LogP contribution in [-0.4, -0.2) is 35.7 Å². The number of fused-ring (bicyclic) bond motifs is 1. The average molecular weight is 246 g/mol. The van der Waals surface area contributed by atoms with Crippen molar-refractivity contribution in [3.8, 4) is 5.75 Å². The van der Waals surface area contributed by atoms with Gasteiger partial charge in [0, 0.05) is 24.7 Å². The van der Waals surface area contributed by atoms with Gasteiger partial charge in [0.15, 0.2) is 0 Å². The maximum Gasteiger partial charge on any atom is 0.120 e. The Kier molecular flexibility index (Phi) is 3.04. The first-order valence-electron chi connectivity index (χ1n) is 6.88. The van der Waals surface area contributed by atoms with Gasteiger partial charge >= 0.3 is 0 Å². The quantitative estimate of drug-likeness (QED) is 0.834. The van der Waals surface area contributed by atoms with Crippen molar-refractivity contribution >= 4 is 0 Å². The lowest BCUT2D eigenvalue weighted by atomic mass is 9.95. The normalized spacial score (nSPS) is 31.8. The first-order valence-corrected chi connectivity index (χ1v) is 6.88. The van der Waals surface area contributed by atoms with Crippen LogP contribution in [0.3, 0.4) is 0 Å². The highest BCUT2D eigenvalue weighted by Crippen LogP contribution is 2.34. The van der Waals surface area contributed by atoms with E-state index in [9.17, 15) is 5.11 Å². The molecule has 3 heteroatoms. The van der Waals surface area contributed by atoms with Crippen LogP contribution in [0.25, 0.3) is 0 Å². The lowest BCUT2D eigenvalue weighted by Crippen LogP contribution is -2.32. The molecule has 1 aromatic rings. The van der Waals surface area contributed by atoms with Gasteiger partial charge in [-0.15, -0.1) is 0 Å². The second-order valence-electron chi connectivity index (χ2n) is 5.88. The van der Waals surface area contributed by atoms with Gasteiger partial charge < -0.3 is 10.4 Å². The van der Waals surface area contributed by atoms with Crippen molar-refractivity contribution in [2.24, 2.45) is 11.8 Å². The molecule has 2 fully saturated rings. The Bertz CT molecular complexity index is 446. The molecule has 18 heavy (non-hydrogen) atoms. The Balaban J connectivity index is 1.75. The molecule has 2 N–H and O–H groups in total. The number of aromatic hydroxyl groups is 1. The van der Waals surface area contributed by atoms with E-state index in [1.165, 1.54) is 5.56 Å². The first kappa shape index (κ1) is 12.0. The summed E-state index contributed by atoms with van der Waals surface area (Å²) in [5, 5.41) is 13.4. The zero-order valence-electron chi connectivity index (χ0n) is 11.2. The van der Waals surface area contributed by atoms with Crippen LogP contribution >= 0.6 is 0 Å². The number of aryl methyl sites for hydroxylation is 1. The molecule has 2 aliphatic rings. The predicted molar refractivity (Wildman–Crippen MR) is 72.6 cm³/mol. The van der Waals surface area contributed by atoms with Crippen molar-refractivity contribution in [3.63, 3.8) is 0 Å². The van der Waals surface area contributed by atoms with Gasteiger partial charge in [0.2, 0.25) is 0 Å². The van der Waals surface area contributed by atoms with Gasteiger partial charge in [-0.3, -0.25) is 4.90 Å². The minimum atomic E-state index is 0.433. The number of rotatable bonds is 2. The number of hydrogen-bond donors (Lipinski definition) is 2. The lowest BCUT2D eigenvalue weighted by molar-refractivity contribution is 0.229. The molecule has 0 spiro atoms. The third kappa shape index (κ3) is 2.02. The van der Waals surface area contributed by atoms with Crippen LogP contribution in [-0.2, 0) is 6.54 Å². The molecule has 0 bridgehead atoms. The maximum absolute atomic E-state index is 9.95. The molecule has 3 unspecified atom stereocenters. The molecule has 2 aliphatic heterocycles. The Labute approximate surface area is 109 Å². The highest BCUT2D eigenvalue weighted by atomic mass is 16.3. The van der Waals surface area contributed by atoms with Crippen molar-refractivity contribution in [1.29, 1.82) is 0 Å². The number of hydrogen-bond acceptors (Lipinski definition) is 3. The lowest BCUT2D eigenvalue weighted by Gasteiger charge is -2.24. The molecular weight excluding hydrogens is 224 g/mol. The molecule has 0 aliphatic carbocycles. The molecule has 0 radical (unpaired) electrons. The summed E-state index contributed by atoms with van der Waals surface area (Å²) in [6, 6.07) is 6.50. The van der Waals surface area contributed by atoms with Crippen LogP contribution in [0.5, 0.6) is 5.75 Å². The summed E-state index contributed by atoms with van der Waals surface area (Å²) in [5.74, 6) is 2.02. The number of benzene rings is 1. The van der Waals surface area contributed by atoms with Crippen LogP contribution < -0.4 is 5.32 Å². The smallest absolute Gasteiger partial charge is 0.120 e. The molecule has 1 aromatic carbocycles. The van der Waals surface area contributed by atoms with E-state index in [4.69, 9.17) is 0 Å². The summed E-state index contributed by atoms with van der Waals surface area (Å²) in [5.41, 5.74) is 2.28. The minimum absolute atomic E-state index is 0.433. The zero-order valence-corrected chi connectivity index (χ0v) is 11.2. The number of nitrogens with one attached hydrogen (secondary N) is 1. The van der Waals surface area contributed by atoms with Crippen LogP contribution in [0.1, 0.15) is 18.1 Å². The largest absolute Gasteiger partial charge is 0.508 e. The van der Waals surface area contributed by atoms with Crippen LogP contribution in [0.15, 0.2) is 18.2 Å². The van der Waals surface area contributed by atoms with Crippen LogP contribution in [0.2, 0.25) is 0 Å². The topological polar surface area (TPSA) is 35.5 Å². The number of nitrogens with zero attached hydrogens (tertiary/aromatic N) is 1. The van der Waals surface area contributed by atoms with Crippen molar-refractivity contribution < 1.29 is 5.11 Å². The standard InChI is InChI=1S/C15H22N2O/c1-10-3-4-15(18)12(5-10)8-17-9-13-6-16-7-14(13)11(17)2/h3-5,11,13-14,16,18H,6-9H2,1-2H3. The molecule has 98 valence electrons. The molecular formula is C15H22N2O. The Morgan fingerprint density at radius 1 is 1.39 bits per heavy atom. The van der Waals surface area contributed by atoms with Gasteiger partial charge in [-0.25, -0.2) is 0 Å². The van der Waals surface area contributed by atoms with E-state index < -0.39 is 0 Å². The van der Waals surface area contributed by atoms with Crippen molar-refractivity contribution in [2.75, 3.05) is 19.6 Å². The molecule has 3 rings (SSSR count). The number of likely N-dealkylation sites (tertiary alicyclic amines) is 1. The highest BCUT2D eigenvalue weighted by molar-refractivity contribution is 5.35. The molecule has 2 saturated heterocycles. The summed E-state index contributed by atoms with van der Waals surface area (Å²) in [7, 11) is 0. The van der Waals surface area contributed by atoms with Crippen LogP contribution in [0.4, 0.5) is 0 Å². The summed E-state index contributed by atoms with van der Waals surface area (Å²) in [6.07, 6.45) is 0. The van der Waals surface area contributed by atoms with Gasteiger partial charge in [-0.05, 0) is 44.8 Å². The van der Waals surface area contributed by atoms with Crippen molar-refractivity contribution in [3.05, 3.63) is 29.3 Å². The van der Waals surface area contributed by atoms with E-state index >= 15 is 0 Å². The van der Waals surface area contributed by atoms with E-state index in [0.29, 0.717) is 11.8 Å². The van der Waals surface area contributed by atoms with E-state index in [-0.39, 0.29) is 0 Å². The van der Waals surface area contributed by atoms with E-state index in [2.05, 4.69) is 30.1 Å². The Morgan fingerprint density at radius 3 is 3.00 bits per heavy atom. The predicted octanol–water partition coefficient (Wildman–Crippen LogP) is 1.74. The van der Waals surface area contributed by atoms with Crippen LogP contribution in [0, 0.1) is 18.8 Å². The third-order valence-electron chi connectivity index (χ3n) is 4.67. The fourth-order valence-electron chi connectivity index (χ4n) is 3.52. The molecule has 0 aromatic heterocycles. The number of phenols is 1. The molecule has 3 atom stereocenters. The van der Waals surface area contributed by atoms with E-state index in [0.717, 1.165) is 43.6 Å². The number of phenolic OH excluding ortho intramolecular Hbond substituents is 1. The van der Waals surface area contributed by atoms with E-state index in [1.807, 2.05) is 12.1 Å². The fraction of sp³-hybridized carbons (Fsp3) is 0.600. The zero-order chi connectivity index (χ0) is 12.7. The van der Waals surface area contributed by atoms with Crippen molar-refractivity contribution in [2.45, 2.75) is 26.4 Å². The second-order valence-corrected chi connectivity index (χ2v) is 5.88. The van der Waals surface area contributed by atoms with Gasteiger partial charge in [0.1, 0.15) is 5.75 Å². The van der Waals surface area contributed by atoms with E-state index in [1.54, 1.807) is 0 Å². The fourth-order valence-corrected chi connectivity index (χ4v) is 3.52. The second kappa shape index (κ2) is 4.56. The molecule has 0 amide bonds. The summed E-state index contributed by atoms with van der Waals surface area (Å²) in [6.45, 7) is 8.75. The summed E-state index contributed by atoms with van der Waals surface area (Å²) >= 11 is 0. The minimum Gasteiger partial charge on any atom is -0.508 e. The highest BCUT2D eigenvalue weighted by Gasteiger charge is 2.41. The Morgan fingerprint density at radius 2 is 2.22 bits per heavy atom. The molecule has 2 heterocycles. The van der Waals surface area contributed by atoms with Crippen molar-refractivity contribution in [1.82, 2.24) is 10.2 Å². The van der Waals surface area contributed by atoms with Gasteiger partial charge in [-0.2, -0.15) is 0 Å². The maximum atomic E-state index is 9.95.